The van der Waals surface area contributed by atoms with Crippen LogP contribution >= 0.6 is 0 Å². The lowest BCUT2D eigenvalue weighted by atomic mass is 9.91. The molecule has 0 saturated heterocycles. The maximum atomic E-state index is 12.5. The van der Waals surface area contributed by atoms with Gasteiger partial charge < -0.3 is 10.0 Å². The molecule has 0 aliphatic carbocycles. The number of hydrogen-bond acceptors (Lipinski definition) is 4. The van der Waals surface area contributed by atoms with E-state index in [9.17, 15) is 9.90 Å². The van der Waals surface area contributed by atoms with Gasteiger partial charge in [-0.2, -0.15) is 0 Å². The van der Waals surface area contributed by atoms with Gasteiger partial charge in [-0.1, -0.05) is 18.2 Å². The molecule has 0 spiro atoms. The Morgan fingerprint density at radius 1 is 1.38 bits per heavy atom. The molecule has 3 heterocycles. The Morgan fingerprint density at radius 3 is 3.04 bits per heavy atom. The first-order chi connectivity index (χ1) is 11.7. The summed E-state index contributed by atoms with van der Waals surface area (Å²) in [5.41, 5.74) is 6.08. The predicted octanol–water partition coefficient (Wildman–Crippen LogP) is 1.75. The molecule has 0 saturated carbocycles. The molecule has 5 nitrogen and oxygen atoms in total. The minimum Gasteiger partial charge on any atom is -0.390 e. The average Bonchev–Trinajstić information content (AvgIpc) is 3.01. The van der Waals surface area contributed by atoms with Crippen LogP contribution in [0.1, 0.15) is 16.7 Å². The molecule has 3 aliphatic heterocycles. The fraction of sp³-hybridized carbons (Fsp3) is 0.316. The van der Waals surface area contributed by atoms with Crippen LogP contribution in [0.4, 0.5) is 0 Å². The summed E-state index contributed by atoms with van der Waals surface area (Å²) in [4.78, 5) is 23.1. The Hall–Kier alpha value is -2.53. The molecule has 24 heavy (non-hydrogen) atoms. The van der Waals surface area contributed by atoms with Crippen molar-refractivity contribution in [2.24, 2.45) is 15.9 Å². The zero-order valence-corrected chi connectivity index (χ0v) is 13.6. The smallest absolute Gasteiger partial charge is 0.248 e. The highest BCUT2D eigenvalue weighted by atomic mass is 16.3. The van der Waals surface area contributed by atoms with Crippen molar-refractivity contribution in [1.29, 1.82) is 0 Å². The number of amides is 1. The SMILES string of the molecule is Cc1cccc2c1CCN1C(=O)CN=C([C@@H]3C=NC(CO)=C3)C=C21. The van der Waals surface area contributed by atoms with E-state index in [2.05, 4.69) is 29.0 Å². The van der Waals surface area contributed by atoms with Gasteiger partial charge in [0.05, 0.1) is 23.9 Å². The molecule has 1 amide bonds. The quantitative estimate of drug-likeness (QED) is 0.902. The first kappa shape index (κ1) is 15.0. The van der Waals surface area contributed by atoms with Crippen LogP contribution in [0.5, 0.6) is 0 Å². The van der Waals surface area contributed by atoms with E-state index in [4.69, 9.17) is 0 Å². The molecule has 0 aromatic heterocycles. The monoisotopic (exact) mass is 321 g/mol. The Balaban J connectivity index is 1.80. The third-order valence-corrected chi connectivity index (χ3v) is 4.82. The summed E-state index contributed by atoms with van der Waals surface area (Å²) in [6, 6.07) is 6.22. The molecule has 1 N–H and O–H groups in total. The normalized spacial score (nSPS) is 22.4. The van der Waals surface area contributed by atoms with E-state index in [1.54, 1.807) is 6.21 Å². The molecule has 1 atom stereocenters. The van der Waals surface area contributed by atoms with Gasteiger partial charge in [0.25, 0.3) is 0 Å². The van der Waals surface area contributed by atoms with E-state index in [0.717, 1.165) is 23.4 Å². The minimum absolute atomic E-state index is 0.0321. The van der Waals surface area contributed by atoms with E-state index in [1.807, 2.05) is 23.1 Å². The summed E-state index contributed by atoms with van der Waals surface area (Å²) < 4.78 is 0. The number of carbonyl (C=O) groups is 1. The number of fused-ring (bicyclic) bond motifs is 3. The van der Waals surface area contributed by atoms with Crippen LogP contribution in [-0.2, 0) is 11.2 Å². The largest absolute Gasteiger partial charge is 0.390 e. The van der Waals surface area contributed by atoms with Gasteiger partial charge in [0, 0.05) is 24.0 Å². The molecule has 0 bridgehead atoms. The van der Waals surface area contributed by atoms with Gasteiger partial charge in [0.2, 0.25) is 5.91 Å². The number of rotatable bonds is 2. The van der Waals surface area contributed by atoms with Gasteiger partial charge in [-0.3, -0.25) is 14.8 Å². The number of aliphatic hydroxyl groups excluding tert-OH is 1. The topological polar surface area (TPSA) is 65.3 Å². The molecule has 0 fully saturated rings. The van der Waals surface area contributed by atoms with Crippen LogP contribution in [0.15, 0.2) is 46.0 Å². The van der Waals surface area contributed by atoms with Crippen LogP contribution in [-0.4, -0.2) is 47.5 Å². The minimum atomic E-state index is -0.0809. The first-order valence-electron chi connectivity index (χ1n) is 8.18. The maximum Gasteiger partial charge on any atom is 0.248 e. The zero-order chi connectivity index (χ0) is 16.7. The number of aryl methyl sites for hydroxylation is 1. The van der Waals surface area contributed by atoms with E-state index >= 15 is 0 Å². The summed E-state index contributed by atoms with van der Waals surface area (Å²) in [5.74, 6) is -0.0488. The summed E-state index contributed by atoms with van der Waals surface area (Å²) in [6.45, 7) is 2.89. The third kappa shape index (κ3) is 2.41. The molecule has 1 aromatic rings. The number of allylic oxidation sites excluding steroid dienone is 2. The average molecular weight is 321 g/mol. The fourth-order valence-corrected chi connectivity index (χ4v) is 3.53. The highest BCUT2D eigenvalue weighted by Crippen LogP contribution is 2.32. The number of benzene rings is 1. The second kappa shape index (κ2) is 5.83. The predicted molar refractivity (Wildman–Crippen MR) is 94.0 cm³/mol. The molecule has 122 valence electrons. The Kier molecular flexibility index (Phi) is 3.65. The van der Waals surface area contributed by atoms with Gasteiger partial charge in [-0.15, -0.1) is 0 Å². The second-order valence-corrected chi connectivity index (χ2v) is 6.29. The van der Waals surface area contributed by atoms with Crippen molar-refractivity contribution in [3.05, 3.63) is 52.7 Å². The van der Waals surface area contributed by atoms with E-state index in [0.29, 0.717) is 12.2 Å². The third-order valence-electron chi connectivity index (χ3n) is 4.82. The molecule has 0 radical (unpaired) electrons. The second-order valence-electron chi connectivity index (χ2n) is 6.29. The maximum absolute atomic E-state index is 12.5. The van der Waals surface area contributed by atoms with Gasteiger partial charge in [-0.25, -0.2) is 0 Å². The molecule has 3 aliphatic rings. The van der Waals surface area contributed by atoms with Crippen molar-refractivity contribution < 1.29 is 9.90 Å². The van der Waals surface area contributed by atoms with E-state index in [-0.39, 0.29) is 25.0 Å². The number of aliphatic imine (C=N–C) groups is 2. The van der Waals surface area contributed by atoms with E-state index < -0.39 is 0 Å². The van der Waals surface area contributed by atoms with Crippen molar-refractivity contribution >= 4 is 23.5 Å². The standard InChI is InChI=1S/C19H19N3O2/c1-12-3-2-4-16-15(12)5-6-22-18(16)8-17(21-10-19(22)24)13-7-14(11-23)20-9-13/h2-4,7-9,13,23H,5-6,10-11H2,1H3/t13-/m0/s1. The molecular weight excluding hydrogens is 302 g/mol. The first-order valence-corrected chi connectivity index (χ1v) is 8.18. The lowest BCUT2D eigenvalue weighted by molar-refractivity contribution is -0.126. The molecule has 4 rings (SSSR count). The van der Waals surface area contributed by atoms with Gasteiger partial charge >= 0.3 is 0 Å². The van der Waals surface area contributed by atoms with Gasteiger partial charge in [0.15, 0.2) is 0 Å². The van der Waals surface area contributed by atoms with Crippen LogP contribution in [0.2, 0.25) is 0 Å². The van der Waals surface area contributed by atoms with Gasteiger partial charge in [0.1, 0.15) is 6.54 Å². The van der Waals surface area contributed by atoms with Crippen LogP contribution in [0.3, 0.4) is 0 Å². The van der Waals surface area contributed by atoms with Crippen molar-refractivity contribution in [3.8, 4) is 0 Å². The van der Waals surface area contributed by atoms with Crippen LogP contribution in [0.25, 0.3) is 5.70 Å². The van der Waals surface area contributed by atoms with Crippen molar-refractivity contribution in [2.45, 2.75) is 13.3 Å². The Labute approximate surface area is 140 Å². The van der Waals surface area contributed by atoms with Crippen molar-refractivity contribution in [1.82, 2.24) is 4.90 Å². The number of carbonyl (C=O) groups excluding carboxylic acids is 1. The molecular formula is C19H19N3O2. The Bertz CT molecular complexity index is 833. The summed E-state index contributed by atoms with van der Waals surface area (Å²) in [7, 11) is 0. The molecule has 0 unspecified atom stereocenters. The summed E-state index contributed by atoms with van der Waals surface area (Å²) >= 11 is 0. The molecule has 1 aromatic carbocycles. The highest BCUT2D eigenvalue weighted by molar-refractivity contribution is 6.14. The lowest BCUT2D eigenvalue weighted by Crippen LogP contribution is -2.36. The van der Waals surface area contributed by atoms with E-state index in [1.165, 1.54) is 11.1 Å². The Morgan fingerprint density at radius 2 is 2.25 bits per heavy atom. The number of aliphatic hydroxyl groups is 1. The van der Waals surface area contributed by atoms with Crippen molar-refractivity contribution in [2.75, 3.05) is 19.7 Å². The number of hydrogen-bond donors (Lipinski definition) is 1. The lowest BCUT2D eigenvalue weighted by Gasteiger charge is -2.31. The zero-order valence-electron chi connectivity index (χ0n) is 13.6. The molecule has 5 heteroatoms. The van der Waals surface area contributed by atoms with Gasteiger partial charge in [-0.05, 0) is 36.6 Å². The van der Waals surface area contributed by atoms with Crippen LogP contribution in [0, 0.1) is 12.8 Å². The van der Waals surface area contributed by atoms with Crippen molar-refractivity contribution in [3.63, 3.8) is 0 Å². The number of nitrogens with zero attached hydrogens (tertiary/aromatic N) is 3. The highest BCUT2D eigenvalue weighted by Gasteiger charge is 2.30. The van der Waals surface area contributed by atoms with Crippen LogP contribution < -0.4 is 0 Å². The summed E-state index contributed by atoms with van der Waals surface area (Å²) in [5, 5.41) is 9.23. The fourth-order valence-electron chi connectivity index (χ4n) is 3.53. The summed E-state index contributed by atoms with van der Waals surface area (Å²) in [6.07, 6.45) is 6.56.